The summed E-state index contributed by atoms with van der Waals surface area (Å²) in [4.78, 5) is 12.5. The normalized spacial score (nSPS) is 16.7. The lowest BCUT2D eigenvalue weighted by Gasteiger charge is -2.24. The van der Waals surface area contributed by atoms with Crippen molar-refractivity contribution in [2.45, 2.75) is 59.0 Å². The van der Waals surface area contributed by atoms with Gasteiger partial charge in [0.1, 0.15) is 0 Å². The molecule has 1 aliphatic carbocycles. The van der Waals surface area contributed by atoms with Crippen LogP contribution in [0.1, 0.15) is 56.5 Å². The van der Waals surface area contributed by atoms with E-state index in [4.69, 9.17) is 5.73 Å². The molecule has 1 aromatic heterocycles. The van der Waals surface area contributed by atoms with Crippen LogP contribution >= 0.6 is 0 Å². The van der Waals surface area contributed by atoms with Gasteiger partial charge in [-0.3, -0.25) is 4.79 Å². The first kappa shape index (κ1) is 13.3. The minimum absolute atomic E-state index is 0.124. The van der Waals surface area contributed by atoms with E-state index in [9.17, 15) is 4.79 Å². The van der Waals surface area contributed by atoms with E-state index in [0.29, 0.717) is 5.92 Å². The molecule has 0 amide bonds. The van der Waals surface area contributed by atoms with Crippen molar-refractivity contribution in [2.24, 2.45) is 11.7 Å². The zero-order valence-electron chi connectivity index (χ0n) is 11.7. The third-order valence-electron chi connectivity index (χ3n) is 3.67. The number of aryl methyl sites for hydroxylation is 1. The van der Waals surface area contributed by atoms with Crippen LogP contribution < -0.4 is 11.3 Å². The first-order valence-electron chi connectivity index (χ1n) is 7.01. The van der Waals surface area contributed by atoms with Gasteiger partial charge in [-0.25, -0.2) is 0 Å². The van der Waals surface area contributed by atoms with Crippen molar-refractivity contribution in [2.75, 3.05) is 0 Å². The maximum absolute atomic E-state index is 12.5. The van der Waals surface area contributed by atoms with Gasteiger partial charge in [-0.2, -0.15) is 0 Å². The molecule has 0 bridgehead atoms. The second kappa shape index (κ2) is 5.27. The molecular formula is C15H24N2O. The predicted molar refractivity (Wildman–Crippen MR) is 74.8 cm³/mol. The summed E-state index contributed by atoms with van der Waals surface area (Å²) < 4.78 is 1.98. The lowest BCUT2D eigenvalue weighted by atomic mass is 9.93. The maximum atomic E-state index is 12.5. The summed E-state index contributed by atoms with van der Waals surface area (Å²) in [5, 5.41) is 0. The fourth-order valence-corrected chi connectivity index (χ4v) is 2.79. The quantitative estimate of drug-likeness (QED) is 0.893. The summed E-state index contributed by atoms with van der Waals surface area (Å²) in [5.41, 5.74) is 9.43. The average molecular weight is 248 g/mol. The van der Waals surface area contributed by atoms with Crippen LogP contribution in [0, 0.1) is 5.92 Å². The van der Waals surface area contributed by atoms with Gasteiger partial charge < -0.3 is 10.3 Å². The van der Waals surface area contributed by atoms with Gasteiger partial charge in [0.15, 0.2) is 0 Å². The number of nitrogens with two attached hydrogens (primary N) is 1. The Bertz CT molecular complexity index is 486. The molecule has 0 spiro atoms. The minimum Gasteiger partial charge on any atom is -0.324 e. The molecule has 1 heterocycles. The SMILES string of the molecule is CC(C)Cn1c2c(cc(C(C)N)c1=O)CCCC2. The standard InChI is InChI=1S/C15H24N2O/c1-10(2)9-17-14-7-5-4-6-12(14)8-13(11(3)16)15(17)18/h8,10-11H,4-7,9,16H2,1-3H3. The van der Waals surface area contributed by atoms with E-state index in [1.54, 1.807) is 0 Å². The van der Waals surface area contributed by atoms with Crippen molar-refractivity contribution in [1.82, 2.24) is 4.57 Å². The molecule has 100 valence electrons. The van der Waals surface area contributed by atoms with Gasteiger partial charge in [-0.1, -0.05) is 13.8 Å². The molecule has 2 N–H and O–H groups in total. The van der Waals surface area contributed by atoms with E-state index in [-0.39, 0.29) is 11.6 Å². The van der Waals surface area contributed by atoms with Gasteiger partial charge in [0, 0.05) is 23.8 Å². The number of aromatic nitrogens is 1. The molecule has 0 fully saturated rings. The van der Waals surface area contributed by atoms with Crippen molar-refractivity contribution in [3.8, 4) is 0 Å². The fraction of sp³-hybridized carbons (Fsp3) is 0.667. The molecule has 1 atom stereocenters. The van der Waals surface area contributed by atoms with Crippen molar-refractivity contribution in [3.05, 3.63) is 33.2 Å². The Kier molecular flexibility index (Phi) is 3.91. The Morgan fingerprint density at radius 1 is 1.28 bits per heavy atom. The molecule has 0 radical (unpaired) electrons. The lowest BCUT2D eigenvalue weighted by molar-refractivity contribution is 0.475. The molecule has 0 saturated carbocycles. The topological polar surface area (TPSA) is 48.0 Å². The van der Waals surface area contributed by atoms with E-state index >= 15 is 0 Å². The maximum Gasteiger partial charge on any atom is 0.255 e. The van der Waals surface area contributed by atoms with Crippen LogP contribution in [-0.2, 0) is 19.4 Å². The molecule has 0 aromatic carbocycles. The minimum atomic E-state index is -0.178. The second-order valence-corrected chi connectivity index (χ2v) is 5.88. The van der Waals surface area contributed by atoms with E-state index < -0.39 is 0 Å². The summed E-state index contributed by atoms with van der Waals surface area (Å²) in [5.74, 6) is 0.483. The van der Waals surface area contributed by atoms with Crippen molar-refractivity contribution in [1.29, 1.82) is 0 Å². The van der Waals surface area contributed by atoms with Crippen LogP contribution in [0.4, 0.5) is 0 Å². The Labute approximate surface area is 109 Å². The van der Waals surface area contributed by atoms with E-state index in [1.165, 1.54) is 24.1 Å². The molecule has 0 saturated heterocycles. The molecule has 0 aliphatic heterocycles. The number of rotatable bonds is 3. The van der Waals surface area contributed by atoms with Crippen LogP contribution in [0.5, 0.6) is 0 Å². The van der Waals surface area contributed by atoms with Crippen LogP contribution in [0.3, 0.4) is 0 Å². The first-order valence-corrected chi connectivity index (χ1v) is 7.01. The Morgan fingerprint density at radius 2 is 1.94 bits per heavy atom. The van der Waals surface area contributed by atoms with Crippen LogP contribution in [-0.4, -0.2) is 4.57 Å². The van der Waals surface area contributed by atoms with E-state index in [1.807, 2.05) is 11.5 Å². The average Bonchev–Trinajstić information content (AvgIpc) is 2.31. The van der Waals surface area contributed by atoms with Gasteiger partial charge in [0.25, 0.3) is 5.56 Å². The van der Waals surface area contributed by atoms with Crippen molar-refractivity contribution < 1.29 is 0 Å². The molecule has 1 aliphatic rings. The smallest absolute Gasteiger partial charge is 0.255 e. The molecule has 18 heavy (non-hydrogen) atoms. The number of pyridine rings is 1. The summed E-state index contributed by atoms with van der Waals surface area (Å²) in [6, 6.07) is 1.88. The molecule has 3 nitrogen and oxygen atoms in total. The van der Waals surface area contributed by atoms with Gasteiger partial charge in [0.2, 0.25) is 0 Å². The van der Waals surface area contributed by atoms with E-state index in [0.717, 1.165) is 24.9 Å². The Morgan fingerprint density at radius 3 is 2.56 bits per heavy atom. The highest BCUT2D eigenvalue weighted by molar-refractivity contribution is 5.30. The van der Waals surface area contributed by atoms with Crippen LogP contribution in [0.25, 0.3) is 0 Å². The molecule has 2 rings (SSSR count). The third-order valence-corrected chi connectivity index (χ3v) is 3.67. The Hall–Kier alpha value is -1.09. The lowest BCUT2D eigenvalue weighted by Crippen LogP contribution is -2.33. The van der Waals surface area contributed by atoms with E-state index in [2.05, 4.69) is 19.9 Å². The van der Waals surface area contributed by atoms with Gasteiger partial charge in [0.05, 0.1) is 0 Å². The van der Waals surface area contributed by atoms with Crippen LogP contribution in [0.2, 0.25) is 0 Å². The number of hydrogen-bond donors (Lipinski definition) is 1. The summed E-state index contributed by atoms with van der Waals surface area (Å²) in [6.45, 7) is 7.01. The monoisotopic (exact) mass is 248 g/mol. The molecule has 3 heteroatoms. The first-order chi connectivity index (χ1) is 8.50. The predicted octanol–water partition coefficient (Wildman–Crippen LogP) is 2.40. The summed E-state index contributed by atoms with van der Waals surface area (Å²) in [6.07, 6.45) is 4.55. The van der Waals surface area contributed by atoms with Crippen LogP contribution in [0.15, 0.2) is 10.9 Å². The number of hydrogen-bond acceptors (Lipinski definition) is 2. The van der Waals surface area contributed by atoms with Gasteiger partial charge in [-0.15, -0.1) is 0 Å². The van der Waals surface area contributed by atoms with Crippen molar-refractivity contribution in [3.63, 3.8) is 0 Å². The highest BCUT2D eigenvalue weighted by Crippen LogP contribution is 2.22. The summed E-state index contributed by atoms with van der Waals surface area (Å²) >= 11 is 0. The Balaban J connectivity index is 2.59. The molecule has 1 aromatic rings. The third kappa shape index (κ3) is 2.51. The summed E-state index contributed by atoms with van der Waals surface area (Å²) in [7, 11) is 0. The second-order valence-electron chi connectivity index (χ2n) is 5.88. The van der Waals surface area contributed by atoms with Gasteiger partial charge in [-0.05, 0) is 50.2 Å². The van der Waals surface area contributed by atoms with Crippen molar-refractivity contribution >= 4 is 0 Å². The largest absolute Gasteiger partial charge is 0.324 e. The zero-order valence-corrected chi connectivity index (χ0v) is 11.7. The molecule has 1 unspecified atom stereocenters. The van der Waals surface area contributed by atoms with Gasteiger partial charge >= 0.3 is 0 Å². The fourth-order valence-electron chi connectivity index (χ4n) is 2.79. The number of fused-ring (bicyclic) bond motifs is 1. The highest BCUT2D eigenvalue weighted by atomic mass is 16.1. The highest BCUT2D eigenvalue weighted by Gasteiger charge is 2.19. The zero-order chi connectivity index (χ0) is 13.3. The number of nitrogens with zero attached hydrogens (tertiary/aromatic N) is 1. The molecular weight excluding hydrogens is 224 g/mol.